The van der Waals surface area contributed by atoms with Gasteiger partial charge in [0.25, 0.3) is 5.91 Å². The van der Waals surface area contributed by atoms with E-state index in [1.807, 2.05) is 6.07 Å². The highest BCUT2D eigenvalue weighted by Gasteiger charge is 2.18. The van der Waals surface area contributed by atoms with E-state index >= 15 is 0 Å². The Labute approximate surface area is 149 Å². The summed E-state index contributed by atoms with van der Waals surface area (Å²) in [5.74, 6) is -0.718. The third-order valence-electron chi connectivity index (χ3n) is 3.11. The molecule has 25 heavy (non-hydrogen) atoms. The lowest BCUT2D eigenvalue weighted by atomic mass is 10.2. The number of hydrogen-bond acceptors (Lipinski definition) is 5. The zero-order valence-corrected chi connectivity index (χ0v) is 14.1. The monoisotopic (exact) mass is 358 g/mol. The molecule has 2 aromatic rings. The lowest BCUT2D eigenvalue weighted by Gasteiger charge is -2.14. The van der Waals surface area contributed by atoms with Gasteiger partial charge >= 0.3 is 5.97 Å². The number of nitrogens with zero attached hydrogens (tertiary/aromatic N) is 1. The molecule has 0 unspecified atom stereocenters. The van der Waals surface area contributed by atoms with Gasteiger partial charge in [0.05, 0.1) is 11.6 Å². The Bertz CT molecular complexity index is 799. The smallest absolute Gasteiger partial charge is 0.344 e. The summed E-state index contributed by atoms with van der Waals surface area (Å²) >= 11 is 5.75. The molecule has 1 atom stereocenters. The van der Waals surface area contributed by atoms with Crippen LogP contribution in [0.15, 0.2) is 48.5 Å². The molecule has 0 spiro atoms. The van der Waals surface area contributed by atoms with E-state index in [0.29, 0.717) is 22.0 Å². The predicted octanol–water partition coefficient (Wildman–Crippen LogP) is 3.16. The van der Waals surface area contributed by atoms with Crippen LogP contribution in [-0.2, 0) is 14.3 Å². The molecular weight excluding hydrogens is 344 g/mol. The number of hydrogen-bond donors (Lipinski definition) is 1. The molecule has 2 aromatic carbocycles. The molecule has 0 aliphatic heterocycles. The van der Waals surface area contributed by atoms with Crippen LogP contribution in [0.2, 0.25) is 5.02 Å². The van der Waals surface area contributed by atoms with Crippen LogP contribution < -0.4 is 10.1 Å². The number of nitrogens with one attached hydrogen (secondary N) is 1. The Kier molecular flexibility index (Phi) is 6.38. The van der Waals surface area contributed by atoms with Gasteiger partial charge in [-0.3, -0.25) is 4.79 Å². The van der Waals surface area contributed by atoms with E-state index in [9.17, 15) is 9.59 Å². The van der Waals surface area contributed by atoms with Crippen LogP contribution in [0.25, 0.3) is 0 Å². The van der Waals surface area contributed by atoms with E-state index in [0.717, 1.165) is 0 Å². The van der Waals surface area contributed by atoms with E-state index in [1.54, 1.807) is 42.5 Å². The van der Waals surface area contributed by atoms with Crippen molar-refractivity contribution in [3.63, 3.8) is 0 Å². The second kappa shape index (κ2) is 8.71. The quantitative estimate of drug-likeness (QED) is 0.801. The lowest BCUT2D eigenvalue weighted by molar-refractivity contribution is -0.155. The largest absolute Gasteiger partial charge is 0.482 e. The van der Waals surface area contributed by atoms with Crippen molar-refractivity contribution >= 4 is 29.2 Å². The first kappa shape index (κ1) is 18.3. The third-order valence-corrected chi connectivity index (χ3v) is 3.36. The molecule has 0 aliphatic rings. The first-order valence-electron chi connectivity index (χ1n) is 7.37. The van der Waals surface area contributed by atoms with Crippen molar-refractivity contribution in [3.05, 3.63) is 59.1 Å². The average molecular weight is 359 g/mol. The Morgan fingerprint density at radius 2 is 1.96 bits per heavy atom. The Morgan fingerprint density at radius 1 is 1.24 bits per heavy atom. The fourth-order valence-electron chi connectivity index (χ4n) is 1.87. The maximum Gasteiger partial charge on any atom is 0.344 e. The fraction of sp³-hybridized carbons (Fsp3) is 0.167. The summed E-state index contributed by atoms with van der Waals surface area (Å²) in [6.07, 6.45) is -1.01. The SMILES string of the molecule is C[C@@H](OC(=O)COc1ccc(Cl)cc1)C(=O)Nc1cccc(C#N)c1. The van der Waals surface area contributed by atoms with Gasteiger partial charge in [-0.05, 0) is 49.4 Å². The minimum absolute atomic E-state index is 0.330. The van der Waals surface area contributed by atoms with Crippen molar-refractivity contribution in [2.75, 3.05) is 11.9 Å². The summed E-state index contributed by atoms with van der Waals surface area (Å²) < 4.78 is 10.3. The number of amides is 1. The van der Waals surface area contributed by atoms with Gasteiger partial charge in [0.1, 0.15) is 5.75 Å². The second-order valence-corrected chi connectivity index (χ2v) is 5.49. The van der Waals surface area contributed by atoms with Gasteiger partial charge < -0.3 is 14.8 Å². The second-order valence-electron chi connectivity index (χ2n) is 5.06. The number of benzene rings is 2. The first-order chi connectivity index (χ1) is 12.0. The minimum atomic E-state index is -1.01. The van der Waals surface area contributed by atoms with E-state index in [2.05, 4.69) is 5.32 Å². The number of carbonyl (C=O) groups excluding carboxylic acids is 2. The van der Waals surface area contributed by atoms with Crippen LogP contribution in [0.1, 0.15) is 12.5 Å². The van der Waals surface area contributed by atoms with E-state index in [1.165, 1.54) is 13.0 Å². The number of rotatable bonds is 6. The van der Waals surface area contributed by atoms with Crippen molar-refractivity contribution in [2.45, 2.75) is 13.0 Å². The van der Waals surface area contributed by atoms with E-state index in [4.69, 9.17) is 26.3 Å². The Morgan fingerprint density at radius 3 is 2.64 bits per heavy atom. The predicted molar refractivity (Wildman–Crippen MR) is 92.3 cm³/mol. The summed E-state index contributed by atoms with van der Waals surface area (Å²) in [4.78, 5) is 23.8. The van der Waals surface area contributed by atoms with Crippen LogP contribution in [-0.4, -0.2) is 24.6 Å². The van der Waals surface area contributed by atoms with Crippen molar-refractivity contribution in [1.29, 1.82) is 5.26 Å². The van der Waals surface area contributed by atoms with Crippen LogP contribution >= 0.6 is 11.6 Å². The molecule has 7 heteroatoms. The van der Waals surface area contributed by atoms with Gasteiger partial charge in [-0.1, -0.05) is 17.7 Å². The third kappa shape index (κ3) is 5.83. The summed E-state index contributed by atoms with van der Waals surface area (Å²) in [5.41, 5.74) is 0.864. The van der Waals surface area contributed by atoms with Crippen LogP contribution in [0.5, 0.6) is 5.75 Å². The Balaban J connectivity index is 1.82. The van der Waals surface area contributed by atoms with Gasteiger partial charge in [-0.25, -0.2) is 4.79 Å². The maximum absolute atomic E-state index is 12.0. The molecule has 0 heterocycles. The van der Waals surface area contributed by atoms with Crippen molar-refractivity contribution in [1.82, 2.24) is 0 Å². The molecule has 0 aromatic heterocycles. The van der Waals surface area contributed by atoms with Crippen LogP contribution in [0, 0.1) is 11.3 Å². The number of esters is 1. The number of nitriles is 1. The molecular formula is C18H15ClN2O4. The van der Waals surface area contributed by atoms with Gasteiger partial charge in [0, 0.05) is 10.7 Å². The standard InChI is InChI=1S/C18H15ClN2O4/c1-12(18(23)21-15-4-2-3-13(9-15)10-20)25-17(22)11-24-16-7-5-14(19)6-8-16/h2-9,12H,11H2,1H3,(H,21,23)/t12-/m1/s1. The van der Waals surface area contributed by atoms with E-state index < -0.39 is 18.0 Å². The molecule has 0 fully saturated rings. The molecule has 6 nitrogen and oxygen atoms in total. The Hall–Kier alpha value is -3.04. The molecule has 128 valence electrons. The zero-order chi connectivity index (χ0) is 18.2. The van der Waals surface area contributed by atoms with Gasteiger partial charge in [-0.15, -0.1) is 0 Å². The first-order valence-corrected chi connectivity index (χ1v) is 7.74. The number of anilines is 1. The van der Waals surface area contributed by atoms with Gasteiger partial charge in [-0.2, -0.15) is 5.26 Å². The maximum atomic E-state index is 12.0. The van der Waals surface area contributed by atoms with E-state index in [-0.39, 0.29) is 6.61 Å². The molecule has 0 bridgehead atoms. The minimum Gasteiger partial charge on any atom is -0.482 e. The summed E-state index contributed by atoms with van der Waals surface area (Å²) in [6, 6.07) is 14.9. The highest BCUT2D eigenvalue weighted by Crippen LogP contribution is 2.15. The van der Waals surface area contributed by atoms with Crippen molar-refractivity contribution in [3.8, 4) is 11.8 Å². The van der Waals surface area contributed by atoms with Gasteiger partial charge in [0.15, 0.2) is 12.7 Å². The summed E-state index contributed by atoms with van der Waals surface area (Å²) in [6.45, 7) is 1.12. The van der Waals surface area contributed by atoms with Crippen molar-refractivity contribution in [2.24, 2.45) is 0 Å². The van der Waals surface area contributed by atoms with Gasteiger partial charge in [0.2, 0.25) is 0 Å². The molecule has 2 rings (SSSR count). The molecule has 0 saturated heterocycles. The van der Waals surface area contributed by atoms with Crippen molar-refractivity contribution < 1.29 is 19.1 Å². The topological polar surface area (TPSA) is 88.4 Å². The average Bonchev–Trinajstić information content (AvgIpc) is 2.61. The zero-order valence-electron chi connectivity index (χ0n) is 13.4. The summed E-state index contributed by atoms with van der Waals surface area (Å²) in [5, 5.41) is 12.0. The summed E-state index contributed by atoms with van der Waals surface area (Å²) in [7, 11) is 0. The number of halogens is 1. The fourth-order valence-corrected chi connectivity index (χ4v) is 1.99. The molecule has 1 amide bonds. The highest BCUT2D eigenvalue weighted by molar-refractivity contribution is 6.30. The molecule has 0 saturated carbocycles. The normalized spacial score (nSPS) is 11.1. The molecule has 0 aliphatic carbocycles. The highest BCUT2D eigenvalue weighted by atomic mass is 35.5. The number of carbonyl (C=O) groups is 2. The van der Waals surface area contributed by atoms with Crippen LogP contribution in [0.3, 0.4) is 0 Å². The molecule has 1 N–H and O–H groups in total. The molecule has 0 radical (unpaired) electrons. The van der Waals surface area contributed by atoms with Crippen LogP contribution in [0.4, 0.5) is 5.69 Å². The lowest BCUT2D eigenvalue weighted by Crippen LogP contribution is -2.31. The number of ether oxygens (including phenoxy) is 2.